The minimum absolute atomic E-state index is 0.449. The third-order valence-corrected chi connectivity index (χ3v) is 4.63. The molecule has 2 unspecified atom stereocenters. The Morgan fingerprint density at radius 3 is 1.78 bits per heavy atom. The molecule has 0 spiro atoms. The monoisotopic (exact) mass is 252 g/mol. The van der Waals surface area contributed by atoms with Crippen LogP contribution in [0, 0.1) is 27.6 Å². The molecular weight excluding hydrogens is 216 g/mol. The van der Waals surface area contributed by atoms with Gasteiger partial charge >= 0.3 is 0 Å². The zero-order valence-electron chi connectivity index (χ0n) is 14.4. The smallest absolute Gasteiger partial charge is 0.0313 e. The van der Waals surface area contributed by atoms with E-state index >= 15 is 0 Å². The molecule has 0 aliphatic heterocycles. The zero-order chi connectivity index (χ0) is 14.4. The van der Waals surface area contributed by atoms with Crippen molar-refractivity contribution in [2.75, 3.05) is 0 Å². The van der Waals surface area contributed by atoms with Gasteiger partial charge in [-0.1, -0.05) is 62.3 Å². The second-order valence-electron chi connectivity index (χ2n) is 10.4. The molecule has 0 nitrogen and oxygen atoms in total. The molecule has 0 heterocycles. The number of hydrogen-bond donors (Lipinski definition) is 0. The lowest BCUT2D eigenvalue weighted by molar-refractivity contribution is -0.0146. The summed E-state index contributed by atoms with van der Waals surface area (Å²) in [4.78, 5) is 0. The third kappa shape index (κ3) is 4.59. The van der Waals surface area contributed by atoms with Gasteiger partial charge in [0.15, 0.2) is 0 Å². The lowest BCUT2D eigenvalue weighted by atomic mass is 9.53. The first-order valence-electron chi connectivity index (χ1n) is 7.73. The lowest BCUT2D eigenvalue weighted by Gasteiger charge is -2.52. The molecule has 0 N–H and O–H groups in total. The Morgan fingerprint density at radius 2 is 1.39 bits per heavy atom. The van der Waals surface area contributed by atoms with E-state index in [-0.39, 0.29) is 0 Å². The van der Waals surface area contributed by atoms with Crippen LogP contribution < -0.4 is 0 Å². The Morgan fingerprint density at radius 1 is 0.889 bits per heavy atom. The Bertz CT molecular complexity index is 280. The van der Waals surface area contributed by atoms with Crippen molar-refractivity contribution in [1.29, 1.82) is 0 Å². The van der Waals surface area contributed by atoms with Gasteiger partial charge in [0.1, 0.15) is 0 Å². The average Bonchev–Trinajstić information content (AvgIpc) is 1.91. The maximum absolute atomic E-state index is 2.54. The molecule has 18 heavy (non-hydrogen) atoms. The van der Waals surface area contributed by atoms with Crippen molar-refractivity contribution in [3.05, 3.63) is 0 Å². The minimum atomic E-state index is 0.449. The fourth-order valence-corrected chi connectivity index (χ4v) is 4.66. The molecule has 0 radical (unpaired) electrons. The molecule has 1 aliphatic rings. The van der Waals surface area contributed by atoms with E-state index in [9.17, 15) is 0 Å². The molecule has 0 bridgehead atoms. The average molecular weight is 252 g/mol. The van der Waals surface area contributed by atoms with Crippen LogP contribution in [0.15, 0.2) is 0 Å². The lowest BCUT2D eigenvalue weighted by Crippen LogP contribution is -2.41. The highest BCUT2D eigenvalue weighted by Crippen LogP contribution is 2.56. The van der Waals surface area contributed by atoms with Crippen molar-refractivity contribution in [2.45, 2.75) is 88.0 Å². The normalized spacial score (nSPS) is 33.5. The molecule has 1 aliphatic carbocycles. The highest BCUT2D eigenvalue weighted by Gasteiger charge is 2.45. The van der Waals surface area contributed by atoms with Gasteiger partial charge in [0.2, 0.25) is 0 Å². The number of rotatable bonds is 1. The Hall–Kier alpha value is 0. The van der Waals surface area contributed by atoms with Crippen molar-refractivity contribution in [3.8, 4) is 0 Å². The topological polar surface area (TPSA) is 0 Å². The van der Waals surface area contributed by atoms with Gasteiger partial charge in [-0.2, -0.15) is 0 Å². The first-order valence-corrected chi connectivity index (χ1v) is 7.73. The highest BCUT2D eigenvalue weighted by molar-refractivity contribution is 4.96. The fraction of sp³-hybridized carbons (Fsp3) is 1.00. The molecule has 0 aromatic heterocycles. The van der Waals surface area contributed by atoms with E-state index in [0.717, 1.165) is 5.92 Å². The van der Waals surface area contributed by atoms with Crippen LogP contribution in [0.3, 0.4) is 0 Å². The molecule has 0 heteroatoms. The van der Waals surface area contributed by atoms with E-state index in [1.807, 2.05) is 0 Å². The van der Waals surface area contributed by atoms with E-state index in [0.29, 0.717) is 21.7 Å². The highest BCUT2D eigenvalue weighted by atomic mass is 14.5. The molecule has 0 aromatic rings. The number of hydrogen-bond acceptors (Lipinski definition) is 0. The maximum Gasteiger partial charge on any atom is -0.0313 e. The second kappa shape index (κ2) is 4.53. The quantitative estimate of drug-likeness (QED) is 0.513. The summed E-state index contributed by atoms with van der Waals surface area (Å²) >= 11 is 0. The van der Waals surface area contributed by atoms with Crippen LogP contribution in [0.4, 0.5) is 0 Å². The molecule has 108 valence electrons. The van der Waals surface area contributed by atoms with E-state index < -0.39 is 0 Å². The van der Waals surface area contributed by atoms with Crippen LogP contribution in [-0.2, 0) is 0 Å². The SMILES string of the molecule is CC(C)(C)CC1(C)CC(C(C)(C)C)CC(C)(C)C1. The second-order valence-corrected chi connectivity index (χ2v) is 10.4. The van der Waals surface area contributed by atoms with Gasteiger partial charge in [-0.25, -0.2) is 0 Å². The van der Waals surface area contributed by atoms with Gasteiger partial charge in [-0.15, -0.1) is 0 Å². The van der Waals surface area contributed by atoms with Crippen molar-refractivity contribution >= 4 is 0 Å². The Kier molecular flexibility index (Phi) is 4.04. The summed E-state index contributed by atoms with van der Waals surface area (Å²) in [5.74, 6) is 0.869. The summed E-state index contributed by atoms with van der Waals surface area (Å²) in [6, 6.07) is 0. The Labute approximate surface area is 116 Å². The van der Waals surface area contributed by atoms with Crippen LogP contribution in [0.25, 0.3) is 0 Å². The molecule has 0 amide bonds. The van der Waals surface area contributed by atoms with Crippen LogP contribution >= 0.6 is 0 Å². The van der Waals surface area contributed by atoms with E-state index in [1.54, 1.807) is 0 Å². The molecular formula is C18H36. The van der Waals surface area contributed by atoms with Gasteiger partial charge in [0.05, 0.1) is 0 Å². The summed E-state index contributed by atoms with van der Waals surface area (Å²) in [5.41, 5.74) is 1.94. The maximum atomic E-state index is 2.54. The summed E-state index contributed by atoms with van der Waals surface area (Å²) < 4.78 is 0. The summed E-state index contributed by atoms with van der Waals surface area (Å²) in [5, 5.41) is 0. The van der Waals surface area contributed by atoms with Gasteiger partial charge < -0.3 is 0 Å². The van der Waals surface area contributed by atoms with Gasteiger partial charge in [0, 0.05) is 0 Å². The van der Waals surface area contributed by atoms with Crippen molar-refractivity contribution < 1.29 is 0 Å². The van der Waals surface area contributed by atoms with Crippen LogP contribution in [0.5, 0.6) is 0 Å². The molecule has 0 aromatic carbocycles. The van der Waals surface area contributed by atoms with Gasteiger partial charge in [0.25, 0.3) is 0 Å². The van der Waals surface area contributed by atoms with Crippen molar-refractivity contribution in [1.82, 2.24) is 0 Å². The molecule has 0 saturated heterocycles. The summed E-state index contributed by atoms with van der Waals surface area (Å²) in [6.07, 6.45) is 5.56. The van der Waals surface area contributed by atoms with Crippen LogP contribution in [0.1, 0.15) is 88.0 Å². The molecule has 1 rings (SSSR count). The summed E-state index contributed by atoms with van der Waals surface area (Å²) in [7, 11) is 0. The fourth-order valence-electron chi connectivity index (χ4n) is 4.66. The van der Waals surface area contributed by atoms with Crippen LogP contribution in [-0.4, -0.2) is 0 Å². The zero-order valence-corrected chi connectivity index (χ0v) is 14.4. The molecule has 1 saturated carbocycles. The van der Waals surface area contributed by atoms with Crippen molar-refractivity contribution in [3.63, 3.8) is 0 Å². The third-order valence-electron chi connectivity index (χ3n) is 4.63. The van der Waals surface area contributed by atoms with Crippen LogP contribution in [0.2, 0.25) is 0 Å². The predicted molar refractivity (Wildman–Crippen MR) is 82.8 cm³/mol. The molecule has 2 atom stereocenters. The van der Waals surface area contributed by atoms with E-state index in [1.165, 1.54) is 25.7 Å². The van der Waals surface area contributed by atoms with Crippen molar-refractivity contribution in [2.24, 2.45) is 27.6 Å². The predicted octanol–water partition coefficient (Wildman–Crippen LogP) is 6.30. The van der Waals surface area contributed by atoms with E-state index in [2.05, 4.69) is 62.3 Å². The first-order chi connectivity index (χ1) is 7.73. The Balaban J connectivity index is 2.93. The first kappa shape index (κ1) is 16.1. The van der Waals surface area contributed by atoms with Gasteiger partial charge in [-0.3, -0.25) is 0 Å². The largest absolute Gasteiger partial charge is 0.0602 e. The van der Waals surface area contributed by atoms with Gasteiger partial charge in [-0.05, 0) is 53.3 Å². The summed E-state index contributed by atoms with van der Waals surface area (Å²) in [6.45, 7) is 22.0. The molecule has 1 fully saturated rings. The standard InChI is InChI=1S/C18H36/c1-15(2,3)12-18(9)11-14(16(4,5)6)10-17(7,8)13-18/h14H,10-13H2,1-9H3. The minimum Gasteiger partial charge on any atom is -0.0602 e. The van der Waals surface area contributed by atoms with E-state index in [4.69, 9.17) is 0 Å².